The zero-order chi connectivity index (χ0) is 39.5. The number of carbonyl (C=O) groups is 1. The molecule has 0 bridgehead atoms. The third kappa shape index (κ3) is 26.3. The predicted molar refractivity (Wildman–Crippen MR) is 221 cm³/mol. The lowest BCUT2D eigenvalue weighted by molar-refractivity contribution is -0.302. The fourth-order valence-corrected chi connectivity index (χ4v) is 6.81. The molecule has 1 fully saturated rings. The maximum atomic E-state index is 12.9. The van der Waals surface area contributed by atoms with Crippen molar-refractivity contribution in [1.29, 1.82) is 0 Å². The van der Waals surface area contributed by atoms with E-state index >= 15 is 0 Å². The highest BCUT2D eigenvalue weighted by molar-refractivity contribution is 5.76. The molecule has 9 heteroatoms. The number of hydrogen-bond acceptors (Lipinski definition) is 8. The van der Waals surface area contributed by atoms with Crippen molar-refractivity contribution in [2.75, 3.05) is 13.2 Å². The van der Waals surface area contributed by atoms with Crippen LogP contribution in [0.5, 0.6) is 0 Å². The summed E-state index contributed by atoms with van der Waals surface area (Å²) in [5.74, 6) is -0.194. The molecule has 0 aliphatic carbocycles. The lowest BCUT2D eigenvalue weighted by Crippen LogP contribution is -2.60. The van der Waals surface area contributed by atoms with Crippen LogP contribution in [0, 0.1) is 0 Å². The zero-order valence-corrected chi connectivity index (χ0v) is 34.5. The van der Waals surface area contributed by atoms with Gasteiger partial charge in [0.15, 0.2) is 6.29 Å². The first-order chi connectivity index (χ1) is 26.3. The summed E-state index contributed by atoms with van der Waals surface area (Å²) < 4.78 is 11.2. The van der Waals surface area contributed by atoms with Gasteiger partial charge in [0.25, 0.3) is 0 Å². The lowest BCUT2D eigenvalue weighted by atomic mass is 9.99. The summed E-state index contributed by atoms with van der Waals surface area (Å²) in [7, 11) is 0. The Hall–Kier alpha value is -1.59. The highest BCUT2D eigenvalue weighted by Crippen LogP contribution is 2.22. The van der Waals surface area contributed by atoms with Crippen molar-refractivity contribution in [2.24, 2.45) is 0 Å². The highest BCUT2D eigenvalue weighted by atomic mass is 16.7. The number of aliphatic hydroxyl groups excluding tert-OH is 5. The molecule has 1 aliphatic heterocycles. The minimum absolute atomic E-state index is 0.194. The largest absolute Gasteiger partial charge is 0.394 e. The van der Waals surface area contributed by atoms with Crippen LogP contribution in [0.25, 0.3) is 0 Å². The molecule has 1 rings (SSSR count). The normalized spacial score (nSPS) is 21.8. The van der Waals surface area contributed by atoms with Crippen molar-refractivity contribution in [3.63, 3.8) is 0 Å². The molecule has 7 unspecified atom stereocenters. The van der Waals surface area contributed by atoms with Gasteiger partial charge < -0.3 is 40.3 Å². The molecule has 0 aromatic carbocycles. The van der Waals surface area contributed by atoms with Crippen molar-refractivity contribution in [2.45, 2.75) is 230 Å². The second-order valence-electron chi connectivity index (χ2n) is 15.5. The average Bonchev–Trinajstić information content (AvgIpc) is 3.17. The number of nitrogens with one attached hydrogen (secondary N) is 1. The fourth-order valence-electron chi connectivity index (χ4n) is 6.81. The Morgan fingerprint density at radius 2 is 1.06 bits per heavy atom. The summed E-state index contributed by atoms with van der Waals surface area (Å²) in [5, 5.41) is 54.0. The summed E-state index contributed by atoms with van der Waals surface area (Å²) in [6.07, 6.45) is 36.2. The third-order valence-corrected chi connectivity index (χ3v) is 10.4. The van der Waals surface area contributed by atoms with Gasteiger partial charge in [-0.2, -0.15) is 0 Å². The van der Waals surface area contributed by atoms with E-state index in [0.717, 1.165) is 51.4 Å². The Kier molecular flexibility index (Phi) is 33.4. The van der Waals surface area contributed by atoms with Gasteiger partial charge in [-0.1, -0.05) is 159 Å². The third-order valence-electron chi connectivity index (χ3n) is 10.4. The van der Waals surface area contributed by atoms with Crippen LogP contribution >= 0.6 is 0 Å². The van der Waals surface area contributed by atoms with Crippen LogP contribution in [-0.2, 0) is 14.3 Å². The van der Waals surface area contributed by atoms with Gasteiger partial charge in [-0.05, 0) is 57.8 Å². The molecule has 1 heterocycles. The first-order valence-corrected chi connectivity index (χ1v) is 22.2. The molecule has 0 radical (unpaired) electrons. The Balaban J connectivity index is 2.34. The van der Waals surface area contributed by atoms with Crippen molar-refractivity contribution >= 4 is 5.91 Å². The number of amides is 1. The molecule has 0 spiro atoms. The summed E-state index contributed by atoms with van der Waals surface area (Å²) in [6.45, 7) is 3.72. The molecule has 1 saturated heterocycles. The smallest absolute Gasteiger partial charge is 0.220 e. The van der Waals surface area contributed by atoms with E-state index in [0.29, 0.717) is 6.42 Å². The highest BCUT2D eigenvalue weighted by Gasteiger charge is 2.44. The summed E-state index contributed by atoms with van der Waals surface area (Å²) in [5.41, 5.74) is 0. The molecule has 9 nitrogen and oxygen atoms in total. The number of hydrogen-bond donors (Lipinski definition) is 6. The van der Waals surface area contributed by atoms with Gasteiger partial charge in [-0.15, -0.1) is 0 Å². The topological polar surface area (TPSA) is 149 Å². The predicted octanol–water partition coefficient (Wildman–Crippen LogP) is 8.89. The van der Waals surface area contributed by atoms with E-state index in [2.05, 4.69) is 43.5 Å². The Morgan fingerprint density at radius 3 is 1.56 bits per heavy atom. The molecule has 7 atom stereocenters. The van der Waals surface area contributed by atoms with Crippen molar-refractivity contribution in [3.05, 3.63) is 36.5 Å². The maximum Gasteiger partial charge on any atom is 0.220 e. The Labute approximate surface area is 330 Å². The average molecular weight is 766 g/mol. The minimum atomic E-state index is -1.57. The van der Waals surface area contributed by atoms with Gasteiger partial charge in [0, 0.05) is 6.42 Å². The molecular formula is C45H83NO8. The molecule has 54 heavy (non-hydrogen) atoms. The first-order valence-electron chi connectivity index (χ1n) is 22.2. The Morgan fingerprint density at radius 1 is 0.611 bits per heavy atom. The molecule has 0 saturated carbocycles. The number of ether oxygens (including phenoxy) is 2. The van der Waals surface area contributed by atoms with Crippen molar-refractivity contribution in [1.82, 2.24) is 5.32 Å². The second kappa shape index (κ2) is 35.8. The van der Waals surface area contributed by atoms with Gasteiger partial charge in [0.05, 0.1) is 25.4 Å². The minimum Gasteiger partial charge on any atom is -0.394 e. The number of unbranched alkanes of at least 4 members (excludes halogenated alkanes) is 22. The summed E-state index contributed by atoms with van der Waals surface area (Å²) in [6, 6.07) is -0.820. The second-order valence-corrected chi connectivity index (χ2v) is 15.5. The molecule has 0 aromatic heterocycles. The van der Waals surface area contributed by atoms with E-state index in [1.54, 1.807) is 6.08 Å². The van der Waals surface area contributed by atoms with Crippen LogP contribution in [0.4, 0.5) is 0 Å². The first kappa shape index (κ1) is 50.4. The Bertz CT molecular complexity index is 941. The zero-order valence-electron chi connectivity index (χ0n) is 34.5. The van der Waals surface area contributed by atoms with Crippen LogP contribution in [0.3, 0.4) is 0 Å². The number of allylic oxidation sites excluding steroid dienone is 5. The number of carbonyl (C=O) groups excluding carboxylic acids is 1. The van der Waals surface area contributed by atoms with E-state index < -0.39 is 49.5 Å². The number of rotatable bonds is 36. The lowest BCUT2D eigenvalue weighted by Gasteiger charge is -2.40. The van der Waals surface area contributed by atoms with E-state index in [1.165, 1.54) is 116 Å². The van der Waals surface area contributed by atoms with E-state index in [9.17, 15) is 30.3 Å². The van der Waals surface area contributed by atoms with Crippen molar-refractivity contribution in [3.8, 4) is 0 Å². The summed E-state index contributed by atoms with van der Waals surface area (Å²) >= 11 is 0. The molecule has 316 valence electrons. The van der Waals surface area contributed by atoms with E-state index in [4.69, 9.17) is 9.47 Å². The monoisotopic (exact) mass is 766 g/mol. The van der Waals surface area contributed by atoms with Gasteiger partial charge in [-0.3, -0.25) is 4.79 Å². The maximum absolute atomic E-state index is 12.9. The quantitative estimate of drug-likeness (QED) is 0.0274. The molecular weight excluding hydrogens is 682 g/mol. The van der Waals surface area contributed by atoms with Gasteiger partial charge in [-0.25, -0.2) is 0 Å². The molecule has 0 aromatic rings. The van der Waals surface area contributed by atoms with E-state index in [-0.39, 0.29) is 12.5 Å². The van der Waals surface area contributed by atoms with Gasteiger partial charge >= 0.3 is 0 Å². The molecule has 1 amide bonds. The van der Waals surface area contributed by atoms with Crippen LogP contribution in [0.2, 0.25) is 0 Å². The van der Waals surface area contributed by atoms with Crippen LogP contribution in [-0.4, -0.2) is 87.5 Å². The fraction of sp³-hybridized carbons (Fsp3) is 0.844. The molecule has 1 aliphatic rings. The van der Waals surface area contributed by atoms with Gasteiger partial charge in [0.2, 0.25) is 5.91 Å². The van der Waals surface area contributed by atoms with Gasteiger partial charge in [0.1, 0.15) is 24.4 Å². The summed E-state index contributed by atoms with van der Waals surface area (Å²) in [4.78, 5) is 12.9. The number of aliphatic hydroxyl groups is 5. The van der Waals surface area contributed by atoms with Crippen LogP contribution in [0.15, 0.2) is 36.5 Å². The van der Waals surface area contributed by atoms with Crippen LogP contribution < -0.4 is 5.32 Å². The van der Waals surface area contributed by atoms with Crippen molar-refractivity contribution < 1.29 is 39.8 Å². The van der Waals surface area contributed by atoms with E-state index in [1.807, 2.05) is 6.08 Å². The molecule has 6 N–H and O–H groups in total. The standard InChI is InChI=1S/C45H83NO8/c1-3-5-7-9-11-13-15-16-17-18-19-20-21-22-23-25-27-29-31-33-35-41(49)46-38(37-53-45-44(52)43(51)42(50)40(36-47)54-45)39(48)34-32-30-28-26-24-14-12-10-8-6-4-2/h19-20,24,26,32,34,38-40,42-45,47-48,50-52H,3-18,21-23,25,27-31,33,35-37H2,1-2H3,(H,46,49)/b20-19-,26-24+,34-32+. The SMILES string of the molecule is CCCCCCC/C=C/CC/C=C/C(O)C(COC1OC(CO)C(O)C(O)C1O)NC(=O)CCCCCCCCC/C=C\CCCCCCCCCCC. The van der Waals surface area contributed by atoms with Crippen LogP contribution in [0.1, 0.15) is 187 Å².